The quantitative estimate of drug-likeness (QED) is 0.480. The number of halogens is 1. The minimum Gasteiger partial charge on any atom is -0.274 e. The van der Waals surface area contributed by atoms with Gasteiger partial charge in [0.1, 0.15) is 5.82 Å². The largest absolute Gasteiger partial charge is 0.274 e. The molecule has 1 heterocycles. The lowest BCUT2D eigenvalue weighted by Crippen LogP contribution is -2.33. The van der Waals surface area contributed by atoms with Crippen LogP contribution >= 0.6 is 11.8 Å². The van der Waals surface area contributed by atoms with Gasteiger partial charge in [-0.05, 0) is 61.2 Å². The van der Waals surface area contributed by atoms with Crippen molar-refractivity contribution >= 4 is 29.1 Å². The van der Waals surface area contributed by atoms with Crippen LogP contribution in [-0.2, 0) is 16.0 Å². The van der Waals surface area contributed by atoms with Gasteiger partial charge < -0.3 is 0 Å². The highest BCUT2D eigenvalue weighted by atomic mass is 32.2. The Bertz CT molecular complexity index is 1170. The Morgan fingerprint density at radius 3 is 2.26 bits per heavy atom. The van der Waals surface area contributed by atoms with E-state index in [0.29, 0.717) is 16.9 Å². The van der Waals surface area contributed by atoms with Crippen LogP contribution < -0.4 is 0 Å². The molecule has 0 N–H and O–H groups in total. The van der Waals surface area contributed by atoms with Crippen LogP contribution in [0.5, 0.6) is 0 Å². The second-order valence-electron chi connectivity index (χ2n) is 7.58. The van der Waals surface area contributed by atoms with Crippen molar-refractivity contribution in [2.24, 2.45) is 0 Å². The Kier molecular flexibility index (Phi) is 6.05. The Morgan fingerprint density at radius 2 is 1.58 bits per heavy atom. The first-order valence-corrected chi connectivity index (χ1v) is 10.9. The third-order valence-corrected chi connectivity index (χ3v) is 6.37. The lowest BCUT2D eigenvalue weighted by atomic mass is 9.99. The second-order valence-corrected chi connectivity index (χ2v) is 8.66. The fraction of sp³-hybridized carbons (Fsp3) is 0.154. The highest BCUT2D eigenvalue weighted by Crippen LogP contribution is 2.40. The molecule has 0 aliphatic carbocycles. The van der Waals surface area contributed by atoms with Crippen LogP contribution in [0, 0.1) is 19.7 Å². The van der Waals surface area contributed by atoms with Crippen LogP contribution in [0.1, 0.15) is 22.3 Å². The summed E-state index contributed by atoms with van der Waals surface area (Å²) < 4.78 is 13.2. The molecule has 0 saturated carbocycles. The lowest BCUT2D eigenvalue weighted by molar-refractivity contribution is -0.136. The van der Waals surface area contributed by atoms with Crippen molar-refractivity contribution in [3.8, 4) is 0 Å². The van der Waals surface area contributed by atoms with Crippen LogP contribution in [0.15, 0.2) is 82.6 Å². The fourth-order valence-corrected chi connectivity index (χ4v) is 4.71. The zero-order valence-electron chi connectivity index (χ0n) is 17.4. The number of benzene rings is 3. The average molecular weight is 432 g/mol. The number of nitrogens with zero attached hydrogens (tertiary/aromatic N) is 1. The van der Waals surface area contributed by atoms with Crippen molar-refractivity contribution in [2.75, 3.05) is 6.54 Å². The van der Waals surface area contributed by atoms with E-state index in [1.165, 1.54) is 28.8 Å². The molecule has 0 fully saturated rings. The molecule has 0 aromatic heterocycles. The van der Waals surface area contributed by atoms with Gasteiger partial charge in [0, 0.05) is 11.4 Å². The standard InChI is InChI=1S/C26H22FNO2S/c1-17-8-13-22(18(2)16-17)23-24(31-21-6-4-3-5-7-21)26(30)28(25(23)29)15-14-19-9-11-20(27)12-10-19/h3-13,16H,14-15H2,1-2H3. The van der Waals surface area contributed by atoms with E-state index in [0.717, 1.165) is 27.1 Å². The smallest absolute Gasteiger partial charge is 0.268 e. The molecule has 5 heteroatoms. The number of thioether (sulfide) groups is 1. The number of carbonyl (C=O) groups is 2. The first-order valence-electron chi connectivity index (χ1n) is 10.1. The molecule has 0 saturated heterocycles. The Balaban J connectivity index is 1.68. The number of imide groups is 1. The van der Waals surface area contributed by atoms with E-state index < -0.39 is 0 Å². The van der Waals surface area contributed by atoms with Gasteiger partial charge in [0.25, 0.3) is 11.8 Å². The van der Waals surface area contributed by atoms with Crippen LogP contribution in [-0.4, -0.2) is 23.3 Å². The summed E-state index contributed by atoms with van der Waals surface area (Å²) >= 11 is 1.32. The third kappa shape index (κ3) is 4.47. The van der Waals surface area contributed by atoms with Crippen LogP contribution in [0.25, 0.3) is 5.57 Å². The summed E-state index contributed by atoms with van der Waals surface area (Å²) in [6.07, 6.45) is 0.473. The van der Waals surface area contributed by atoms with Crippen molar-refractivity contribution in [1.82, 2.24) is 4.90 Å². The summed E-state index contributed by atoms with van der Waals surface area (Å²) in [5, 5.41) is 0. The molecule has 0 spiro atoms. The zero-order chi connectivity index (χ0) is 22.0. The predicted octanol–water partition coefficient (Wildman–Crippen LogP) is 5.56. The average Bonchev–Trinajstić information content (AvgIpc) is 2.98. The molecule has 3 aromatic rings. The molecule has 156 valence electrons. The molecular formula is C26H22FNO2S. The molecule has 0 radical (unpaired) electrons. The molecule has 4 rings (SSSR count). The van der Waals surface area contributed by atoms with E-state index in [4.69, 9.17) is 0 Å². The molecular weight excluding hydrogens is 409 g/mol. The van der Waals surface area contributed by atoms with Gasteiger partial charge in [0.05, 0.1) is 10.5 Å². The highest BCUT2D eigenvalue weighted by Gasteiger charge is 2.39. The summed E-state index contributed by atoms with van der Waals surface area (Å²) in [4.78, 5) is 29.4. The topological polar surface area (TPSA) is 37.4 Å². The minimum absolute atomic E-state index is 0.247. The summed E-state index contributed by atoms with van der Waals surface area (Å²) in [5.74, 6) is -0.870. The number of amides is 2. The first-order chi connectivity index (χ1) is 14.9. The number of hydrogen-bond acceptors (Lipinski definition) is 3. The second kappa shape index (κ2) is 8.90. The monoisotopic (exact) mass is 431 g/mol. The Labute approximate surface area is 185 Å². The van der Waals surface area contributed by atoms with Gasteiger partial charge in [-0.15, -0.1) is 0 Å². The van der Waals surface area contributed by atoms with E-state index in [2.05, 4.69) is 0 Å². The first kappa shape index (κ1) is 21.1. The Morgan fingerprint density at radius 1 is 0.871 bits per heavy atom. The molecule has 0 bridgehead atoms. The van der Waals surface area contributed by atoms with E-state index in [9.17, 15) is 14.0 Å². The van der Waals surface area contributed by atoms with E-state index in [1.54, 1.807) is 12.1 Å². The van der Waals surface area contributed by atoms with Gasteiger partial charge in [-0.1, -0.05) is 65.9 Å². The van der Waals surface area contributed by atoms with Gasteiger partial charge in [-0.3, -0.25) is 14.5 Å². The van der Waals surface area contributed by atoms with E-state index >= 15 is 0 Å². The number of rotatable bonds is 6. The van der Waals surface area contributed by atoms with Crippen LogP contribution in [0.3, 0.4) is 0 Å². The lowest BCUT2D eigenvalue weighted by Gasteiger charge is -2.15. The minimum atomic E-state index is -0.308. The molecule has 31 heavy (non-hydrogen) atoms. The maximum absolute atomic E-state index is 13.4. The maximum atomic E-state index is 13.4. The molecule has 3 aromatic carbocycles. The van der Waals surface area contributed by atoms with Crippen LogP contribution in [0.2, 0.25) is 0 Å². The normalized spacial score (nSPS) is 14.0. The van der Waals surface area contributed by atoms with Crippen molar-refractivity contribution in [1.29, 1.82) is 0 Å². The van der Waals surface area contributed by atoms with Gasteiger partial charge in [-0.25, -0.2) is 4.39 Å². The molecule has 2 amide bonds. The summed E-state index contributed by atoms with van der Waals surface area (Å²) in [7, 11) is 0. The molecule has 0 atom stereocenters. The summed E-state index contributed by atoms with van der Waals surface area (Å²) in [6.45, 7) is 4.21. The molecule has 0 unspecified atom stereocenters. The van der Waals surface area contributed by atoms with Crippen molar-refractivity contribution in [3.63, 3.8) is 0 Å². The van der Waals surface area contributed by atoms with Crippen molar-refractivity contribution in [3.05, 3.63) is 106 Å². The van der Waals surface area contributed by atoms with Gasteiger partial charge in [-0.2, -0.15) is 0 Å². The Hall–Kier alpha value is -3.18. The fourth-order valence-electron chi connectivity index (χ4n) is 3.68. The van der Waals surface area contributed by atoms with E-state index in [-0.39, 0.29) is 24.2 Å². The van der Waals surface area contributed by atoms with Gasteiger partial charge in [0.15, 0.2) is 0 Å². The van der Waals surface area contributed by atoms with Gasteiger partial charge in [0.2, 0.25) is 0 Å². The molecule has 3 nitrogen and oxygen atoms in total. The highest BCUT2D eigenvalue weighted by molar-refractivity contribution is 8.04. The maximum Gasteiger partial charge on any atom is 0.268 e. The molecule has 1 aliphatic heterocycles. The van der Waals surface area contributed by atoms with E-state index in [1.807, 2.05) is 62.4 Å². The SMILES string of the molecule is Cc1ccc(C2=C(Sc3ccccc3)C(=O)N(CCc3ccc(F)cc3)C2=O)c(C)c1. The molecule has 1 aliphatic rings. The number of aryl methyl sites for hydroxylation is 2. The summed E-state index contributed by atoms with van der Waals surface area (Å²) in [6, 6.07) is 21.6. The zero-order valence-corrected chi connectivity index (χ0v) is 18.2. The number of carbonyl (C=O) groups excluding carboxylic acids is 2. The number of hydrogen-bond donors (Lipinski definition) is 0. The van der Waals surface area contributed by atoms with Crippen LogP contribution in [0.4, 0.5) is 4.39 Å². The van der Waals surface area contributed by atoms with Crippen molar-refractivity contribution < 1.29 is 14.0 Å². The predicted molar refractivity (Wildman–Crippen MR) is 122 cm³/mol. The van der Waals surface area contributed by atoms with Crippen molar-refractivity contribution in [2.45, 2.75) is 25.2 Å². The third-order valence-electron chi connectivity index (χ3n) is 5.28. The summed E-state index contributed by atoms with van der Waals surface area (Å²) in [5.41, 5.74) is 4.17. The van der Waals surface area contributed by atoms with Gasteiger partial charge >= 0.3 is 0 Å².